The molecule has 7 nitrogen and oxygen atoms in total. The number of benzene rings is 3. The van der Waals surface area contributed by atoms with Crippen LogP contribution in [0.3, 0.4) is 0 Å². The lowest BCUT2D eigenvalue weighted by atomic mass is 10.0. The molecule has 0 saturated heterocycles. The van der Waals surface area contributed by atoms with Gasteiger partial charge in [-0.1, -0.05) is 59.6 Å². The van der Waals surface area contributed by atoms with E-state index in [1.807, 2.05) is 30.3 Å². The van der Waals surface area contributed by atoms with Crippen molar-refractivity contribution in [2.45, 2.75) is 31.8 Å². The number of carbonyl (C=O) groups is 2. The highest BCUT2D eigenvalue weighted by Gasteiger charge is 2.30. The van der Waals surface area contributed by atoms with Crippen molar-refractivity contribution < 1.29 is 22.4 Å². The molecular formula is C28H30Cl2FN3O4S. The quantitative estimate of drug-likeness (QED) is 0.318. The van der Waals surface area contributed by atoms with Gasteiger partial charge in [0.1, 0.15) is 11.9 Å². The van der Waals surface area contributed by atoms with Gasteiger partial charge in [-0.15, -0.1) is 0 Å². The van der Waals surface area contributed by atoms with Gasteiger partial charge in [-0.05, 0) is 53.9 Å². The SMILES string of the molecule is CNC(=O)[C@@H](Cc1ccccc1)N(Cc1ccc(Cl)c(Cl)c1)C(=O)CCCN(c1ccc(F)cc1)S(C)(=O)=O. The number of hydrogen-bond acceptors (Lipinski definition) is 4. The number of hydrogen-bond donors (Lipinski definition) is 1. The number of carbonyl (C=O) groups excluding carboxylic acids is 2. The Morgan fingerprint density at radius 2 is 1.62 bits per heavy atom. The smallest absolute Gasteiger partial charge is 0.242 e. The number of likely N-dealkylation sites (N-methyl/N-ethyl adjacent to an activating group) is 1. The lowest BCUT2D eigenvalue weighted by molar-refractivity contribution is -0.141. The molecule has 0 aliphatic carbocycles. The van der Waals surface area contributed by atoms with Crippen LogP contribution >= 0.6 is 23.2 Å². The van der Waals surface area contributed by atoms with E-state index in [0.717, 1.165) is 16.1 Å². The molecule has 0 fully saturated rings. The molecule has 11 heteroatoms. The summed E-state index contributed by atoms with van der Waals surface area (Å²) in [5.74, 6) is -1.16. The van der Waals surface area contributed by atoms with E-state index in [9.17, 15) is 22.4 Å². The van der Waals surface area contributed by atoms with Gasteiger partial charge in [0.15, 0.2) is 0 Å². The van der Waals surface area contributed by atoms with E-state index in [1.165, 1.54) is 36.2 Å². The highest BCUT2D eigenvalue weighted by Crippen LogP contribution is 2.25. The van der Waals surface area contributed by atoms with Crippen molar-refractivity contribution in [1.82, 2.24) is 10.2 Å². The number of nitrogens with one attached hydrogen (secondary N) is 1. The van der Waals surface area contributed by atoms with Crippen LogP contribution in [-0.4, -0.2) is 51.0 Å². The monoisotopic (exact) mass is 593 g/mol. The summed E-state index contributed by atoms with van der Waals surface area (Å²) in [6.45, 7) is 0.0918. The first-order chi connectivity index (χ1) is 18.5. The second-order valence-corrected chi connectivity index (χ2v) is 11.7. The molecule has 3 rings (SSSR count). The Labute approximate surface area is 238 Å². The highest BCUT2D eigenvalue weighted by molar-refractivity contribution is 7.92. The van der Waals surface area contributed by atoms with Crippen molar-refractivity contribution in [3.63, 3.8) is 0 Å². The van der Waals surface area contributed by atoms with Gasteiger partial charge in [0.05, 0.1) is 22.0 Å². The van der Waals surface area contributed by atoms with Crippen LogP contribution in [0.1, 0.15) is 24.0 Å². The highest BCUT2D eigenvalue weighted by atomic mass is 35.5. The second-order valence-electron chi connectivity index (χ2n) is 9.00. The number of halogens is 3. The molecule has 0 aliphatic heterocycles. The van der Waals surface area contributed by atoms with E-state index >= 15 is 0 Å². The predicted molar refractivity (Wildman–Crippen MR) is 153 cm³/mol. The number of nitrogens with zero attached hydrogens (tertiary/aromatic N) is 2. The summed E-state index contributed by atoms with van der Waals surface area (Å²) in [7, 11) is -2.18. The zero-order valence-corrected chi connectivity index (χ0v) is 23.9. The first-order valence-corrected chi connectivity index (χ1v) is 14.8. The summed E-state index contributed by atoms with van der Waals surface area (Å²) >= 11 is 12.3. The summed E-state index contributed by atoms with van der Waals surface area (Å²) in [4.78, 5) is 28.1. The maximum atomic E-state index is 13.6. The summed E-state index contributed by atoms with van der Waals surface area (Å²) in [6, 6.07) is 18.6. The van der Waals surface area contributed by atoms with E-state index in [4.69, 9.17) is 23.2 Å². The van der Waals surface area contributed by atoms with E-state index < -0.39 is 21.9 Å². The minimum atomic E-state index is -3.69. The standard InChI is InChI=1S/C28H30Cl2FN3O4S/c1-32-28(36)26(18-20-7-4-3-5-8-20)33(19-21-10-15-24(29)25(30)17-21)27(35)9-6-16-34(39(2,37)38)23-13-11-22(31)12-14-23/h3-5,7-8,10-15,17,26H,6,9,16,18-19H2,1-2H3,(H,32,36)/t26-/m1/s1. The largest absolute Gasteiger partial charge is 0.357 e. The van der Waals surface area contributed by atoms with Crippen molar-refractivity contribution in [3.8, 4) is 0 Å². The molecule has 0 aromatic heterocycles. The molecule has 3 aromatic carbocycles. The summed E-state index contributed by atoms with van der Waals surface area (Å²) in [5, 5.41) is 3.34. The zero-order chi connectivity index (χ0) is 28.6. The van der Waals surface area contributed by atoms with Crippen LogP contribution < -0.4 is 9.62 Å². The summed E-state index contributed by atoms with van der Waals surface area (Å²) in [6.07, 6.45) is 1.47. The molecule has 208 valence electrons. The Morgan fingerprint density at radius 1 is 0.949 bits per heavy atom. The minimum Gasteiger partial charge on any atom is -0.357 e. The number of amides is 2. The van der Waals surface area contributed by atoms with Gasteiger partial charge >= 0.3 is 0 Å². The summed E-state index contributed by atoms with van der Waals surface area (Å²) in [5.41, 5.74) is 1.85. The van der Waals surface area contributed by atoms with Gasteiger partial charge in [0.25, 0.3) is 0 Å². The average molecular weight is 595 g/mol. The van der Waals surface area contributed by atoms with Gasteiger partial charge in [0, 0.05) is 33.0 Å². The molecule has 1 N–H and O–H groups in total. The third-order valence-electron chi connectivity index (χ3n) is 6.12. The van der Waals surface area contributed by atoms with Crippen LogP contribution in [0.25, 0.3) is 0 Å². The maximum absolute atomic E-state index is 13.6. The molecule has 2 amide bonds. The lowest BCUT2D eigenvalue weighted by Crippen LogP contribution is -2.49. The Balaban J connectivity index is 1.86. The van der Waals surface area contributed by atoms with Crippen LogP contribution in [0.15, 0.2) is 72.8 Å². The minimum absolute atomic E-state index is 0.000144. The second kappa shape index (κ2) is 13.8. The van der Waals surface area contributed by atoms with Crippen LogP contribution in [-0.2, 0) is 32.6 Å². The molecule has 0 spiro atoms. The summed E-state index contributed by atoms with van der Waals surface area (Å²) < 4.78 is 39.4. The van der Waals surface area contributed by atoms with Gasteiger partial charge in [-0.25, -0.2) is 12.8 Å². The van der Waals surface area contributed by atoms with Gasteiger partial charge < -0.3 is 10.2 Å². The zero-order valence-electron chi connectivity index (χ0n) is 21.6. The van der Waals surface area contributed by atoms with E-state index in [0.29, 0.717) is 21.3 Å². The van der Waals surface area contributed by atoms with Crippen molar-refractivity contribution in [2.24, 2.45) is 0 Å². The molecule has 0 heterocycles. The van der Waals surface area contributed by atoms with Crippen LogP contribution in [0, 0.1) is 5.82 Å². The lowest BCUT2D eigenvalue weighted by Gasteiger charge is -2.31. The molecule has 0 bridgehead atoms. The Hall–Kier alpha value is -3.14. The molecule has 0 aliphatic rings. The fraction of sp³-hybridized carbons (Fsp3) is 0.286. The third-order valence-corrected chi connectivity index (χ3v) is 8.05. The van der Waals surface area contributed by atoms with Crippen LogP contribution in [0.5, 0.6) is 0 Å². The molecule has 0 unspecified atom stereocenters. The fourth-order valence-corrected chi connectivity index (χ4v) is 5.45. The Morgan fingerprint density at radius 3 is 2.21 bits per heavy atom. The third kappa shape index (κ3) is 8.68. The molecule has 0 saturated carbocycles. The first kappa shape index (κ1) is 30.4. The first-order valence-electron chi connectivity index (χ1n) is 12.2. The van der Waals surface area contributed by atoms with Gasteiger partial charge in [0.2, 0.25) is 21.8 Å². The predicted octanol–water partition coefficient (Wildman–Crippen LogP) is 5.06. The van der Waals surface area contributed by atoms with Gasteiger partial charge in [-0.3, -0.25) is 13.9 Å². The van der Waals surface area contributed by atoms with Crippen molar-refractivity contribution in [3.05, 3.63) is 99.8 Å². The van der Waals surface area contributed by atoms with Crippen molar-refractivity contribution >= 4 is 50.7 Å². The molecule has 0 radical (unpaired) electrons. The number of anilines is 1. The molecule has 39 heavy (non-hydrogen) atoms. The van der Waals surface area contributed by atoms with E-state index in [-0.39, 0.29) is 44.2 Å². The number of rotatable bonds is 12. The Bertz CT molecular complexity index is 1390. The Kier molecular flexibility index (Phi) is 10.7. The average Bonchev–Trinajstić information content (AvgIpc) is 2.90. The van der Waals surface area contributed by atoms with Crippen LogP contribution in [0.2, 0.25) is 10.0 Å². The molecular weight excluding hydrogens is 564 g/mol. The van der Waals surface area contributed by atoms with Crippen molar-refractivity contribution in [1.29, 1.82) is 0 Å². The fourth-order valence-electron chi connectivity index (χ4n) is 4.17. The molecule has 1 atom stereocenters. The number of sulfonamides is 1. The molecule has 3 aromatic rings. The van der Waals surface area contributed by atoms with Gasteiger partial charge in [-0.2, -0.15) is 0 Å². The van der Waals surface area contributed by atoms with E-state index in [2.05, 4.69) is 5.32 Å². The normalized spacial score (nSPS) is 12.0. The van der Waals surface area contributed by atoms with E-state index in [1.54, 1.807) is 18.2 Å². The maximum Gasteiger partial charge on any atom is 0.242 e. The van der Waals surface area contributed by atoms with Crippen LogP contribution in [0.4, 0.5) is 10.1 Å². The topological polar surface area (TPSA) is 86.8 Å². The van der Waals surface area contributed by atoms with Crippen molar-refractivity contribution in [2.75, 3.05) is 24.2 Å².